The zero-order chi connectivity index (χ0) is 18.9. The predicted molar refractivity (Wildman–Crippen MR) is 124 cm³/mol. The lowest BCUT2D eigenvalue weighted by Crippen LogP contribution is -2.46. The number of likely N-dealkylation sites (tertiary alicyclic amines) is 1. The van der Waals surface area contributed by atoms with Crippen molar-refractivity contribution in [2.45, 2.75) is 59.2 Å². The molecular formula is C20H36IN5O. The Kier molecular flexibility index (Phi) is 11.0. The molecule has 7 heteroatoms. The average molecular weight is 489 g/mol. The minimum Gasteiger partial charge on any atom is -0.357 e. The lowest BCUT2D eigenvalue weighted by molar-refractivity contribution is 0.265. The quantitative estimate of drug-likeness (QED) is 0.255. The second-order valence-electron chi connectivity index (χ2n) is 7.48. The third kappa shape index (κ3) is 7.81. The Bertz CT molecular complexity index is 631. The van der Waals surface area contributed by atoms with Crippen molar-refractivity contribution < 1.29 is 0 Å². The van der Waals surface area contributed by atoms with Gasteiger partial charge < -0.3 is 15.2 Å². The maximum absolute atomic E-state index is 11.7. The summed E-state index contributed by atoms with van der Waals surface area (Å²) < 4.78 is 1.76. The van der Waals surface area contributed by atoms with E-state index in [9.17, 15) is 4.79 Å². The van der Waals surface area contributed by atoms with Gasteiger partial charge in [0.1, 0.15) is 0 Å². The predicted octanol–water partition coefficient (Wildman–Crippen LogP) is 2.53. The van der Waals surface area contributed by atoms with Crippen LogP contribution in [0.1, 0.15) is 40.5 Å². The highest BCUT2D eigenvalue weighted by Crippen LogP contribution is 2.18. The van der Waals surface area contributed by atoms with Gasteiger partial charge in [0.05, 0.1) is 0 Å². The number of nitrogens with one attached hydrogen (secondary N) is 2. The first-order chi connectivity index (χ1) is 12.5. The summed E-state index contributed by atoms with van der Waals surface area (Å²) in [6.45, 7) is 13.5. The van der Waals surface area contributed by atoms with Crippen LogP contribution in [-0.4, -0.2) is 53.7 Å². The Morgan fingerprint density at radius 2 is 2.07 bits per heavy atom. The molecule has 2 unspecified atom stereocenters. The molecule has 27 heavy (non-hydrogen) atoms. The van der Waals surface area contributed by atoms with Crippen LogP contribution in [0.5, 0.6) is 0 Å². The highest BCUT2D eigenvalue weighted by molar-refractivity contribution is 14.0. The van der Waals surface area contributed by atoms with Gasteiger partial charge in [-0.25, -0.2) is 0 Å². The smallest absolute Gasteiger partial charge is 0.250 e. The number of pyridine rings is 1. The molecule has 0 aromatic carbocycles. The monoisotopic (exact) mass is 489 g/mol. The van der Waals surface area contributed by atoms with Gasteiger partial charge in [-0.15, -0.1) is 24.0 Å². The van der Waals surface area contributed by atoms with Gasteiger partial charge in [-0.05, 0) is 45.6 Å². The van der Waals surface area contributed by atoms with Crippen molar-refractivity contribution in [1.82, 2.24) is 20.1 Å². The third-order valence-corrected chi connectivity index (χ3v) is 5.01. The van der Waals surface area contributed by atoms with Crippen LogP contribution in [-0.2, 0) is 6.54 Å². The number of unbranched alkanes of at least 4 members (excludes halogenated alkanes) is 1. The van der Waals surface area contributed by atoms with Crippen molar-refractivity contribution in [1.29, 1.82) is 0 Å². The normalized spacial score (nSPS) is 20.6. The number of halogens is 1. The zero-order valence-corrected chi connectivity index (χ0v) is 19.5. The molecule has 1 aromatic heterocycles. The zero-order valence-electron chi connectivity index (χ0n) is 17.1. The van der Waals surface area contributed by atoms with E-state index in [1.54, 1.807) is 16.7 Å². The van der Waals surface area contributed by atoms with Crippen LogP contribution in [0.15, 0.2) is 34.2 Å². The molecule has 2 heterocycles. The van der Waals surface area contributed by atoms with E-state index in [0.717, 1.165) is 51.5 Å². The summed E-state index contributed by atoms with van der Waals surface area (Å²) in [5.74, 6) is 1.53. The highest BCUT2D eigenvalue weighted by atomic mass is 127. The van der Waals surface area contributed by atoms with Crippen LogP contribution in [0.4, 0.5) is 0 Å². The van der Waals surface area contributed by atoms with Crippen molar-refractivity contribution in [2.24, 2.45) is 10.9 Å². The molecule has 1 fully saturated rings. The summed E-state index contributed by atoms with van der Waals surface area (Å²) in [5, 5.41) is 6.97. The van der Waals surface area contributed by atoms with Crippen LogP contribution >= 0.6 is 24.0 Å². The summed E-state index contributed by atoms with van der Waals surface area (Å²) >= 11 is 0. The Morgan fingerprint density at radius 3 is 2.70 bits per heavy atom. The average Bonchev–Trinajstić information content (AvgIpc) is 2.97. The van der Waals surface area contributed by atoms with E-state index in [-0.39, 0.29) is 29.5 Å². The molecule has 1 saturated heterocycles. The van der Waals surface area contributed by atoms with Gasteiger partial charge in [-0.3, -0.25) is 14.7 Å². The second kappa shape index (κ2) is 12.4. The number of hydrogen-bond donors (Lipinski definition) is 2. The molecule has 1 aromatic rings. The lowest BCUT2D eigenvalue weighted by atomic mass is 10.1. The minimum absolute atomic E-state index is 0. The van der Waals surface area contributed by atoms with Gasteiger partial charge in [0.25, 0.3) is 0 Å². The van der Waals surface area contributed by atoms with Crippen LogP contribution in [0, 0.1) is 5.92 Å². The summed E-state index contributed by atoms with van der Waals surface area (Å²) in [4.78, 5) is 18.9. The van der Waals surface area contributed by atoms with Gasteiger partial charge in [-0.2, -0.15) is 0 Å². The fraction of sp³-hybridized carbons (Fsp3) is 0.700. The molecule has 1 aliphatic heterocycles. The molecule has 0 bridgehead atoms. The van der Waals surface area contributed by atoms with E-state index in [1.807, 2.05) is 12.3 Å². The number of rotatable bonds is 8. The maximum atomic E-state index is 11.7. The molecule has 0 spiro atoms. The van der Waals surface area contributed by atoms with Crippen molar-refractivity contribution in [3.05, 3.63) is 34.7 Å². The molecule has 2 N–H and O–H groups in total. The molecule has 2 rings (SSSR count). The Labute approximate surface area is 180 Å². The van der Waals surface area contributed by atoms with Gasteiger partial charge in [0.15, 0.2) is 5.96 Å². The first kappa shape index (κ1) is 23.9. The number of aryl methyl sites for hydroxylation is 1. The number of guanidine groups is 1. The topological polar surface area (TPSA) is 61.7 Å². The molecule has 0 radical (unpaired) electrons. The first-order valence-corrected chi connectivity index (χ1v) is 9.95. The van der Waals surface area contributed by atoms with E-state index in [4.69, 9.17) is 4.99 Å². The molecule has 0 aliphatic carbocycles. The summed E-state index contributed by atoms with van der Waals surface area (Å²) in [7, 11) is 0. The van der Waals surface area contributed by atoms with E-state index in [0.29, 0.717) is 18.0 Å². The molecule has 2 atom stereocenters. The van der Waals surface area contributed by atoms with Crippen molar-refractivity contribution in [3.63, 3.8) is 0 Å². The van der Waals surface area contributed by atoms with Crippen LogP contribution < -0.4 is 16.2 Å². The number of aliphatic imine (C=N–C) groups is 1. The van der Waals surface area contributed by atoms with E-state index >= 15 is 0 Å². The Morgan fingerprint density at radius 1 is 1.30 bits per heavy atom. The fourth-order valence-corrected chi connectivity index (χ4v) is 3.34. The molecule has 6 nitrogen and oxygen atoms in total. The second-order valence-corrected chi connectivity index (χ2v) is 7.48. The van der Waals surface area contributed by atoms with Crippen molar-refractivity contribution >= 4 is 29.9 Å². The van der Waals surface area contributed by atoms with Gasteiger partial charge in [0, 0.05) is 57.1 Å². The number of hydrogen-bond acceptors (Lipinski definition) is 3. The largest absolute Gasteiger partial charge is 0.357 e. The van der Waals surface area contributed by atoms with Crippen molar-refractivity contribution in [2.75, 3.05) is 26.2 Å². The first-order valence-electron chi connectivity index (χ1n) is 9.95. The SMILES string of the molecule is CCNC(=NCCCCn1ccccc1=O)NC1CN(C(C)C)CC1C.I. The third-order valence-electron chi connectivity index (χ3n) is 5.01. The highest BCUT2D eigenvalue weighted by Gasteiger charge is 2.31. The molecule has 0 saturated carbocycles. The molecule has 0 amide bonds. The van der Waals surface area contributed by atoms with Gasteiger partial charge >= 0.3 is 0 Å². The van der Waals surface area contributed by atoms with Gasteiger partial charge in [-0.1, -0.05) is 13.0 Å². The van der Waals surface area contributed by atoms with E-state index in [2.05, 4.69) is 43.2 Å². The van der Waals surface area contributed by atoms with Crippen LogP contribution in [0.25, 0.3) is 0 Å². The Hall–Kier alpha value is -1.09. The summed E-state index contributed by atoms with van der Waals surface area (Å²) in [6.07, 6.45) is 3.77. The lowest BCUT2D eigenvalue weighted by Gasteiger charge is -2.22. The summed E-state index contributed by atoms with van der Waals surface area (Å²) in [5.41, 5.74) is 0.0657. The van der Waals surface area contributed by atoms with Crippen LogP contribution in [0.2, 0.25) is 0 Å². The molecule has 154 valence electrons. The number of aromatic nitrogens is 1. The molecule has 1 aliphatic rings. The van der Waals surface area contributed by atoms with E-state index < -0.39 is 0 Å². The summed E-state index contributed by atoms with van der Waals surface area (Å²) in [6, 6.07) is 6.31. The van der Waals surface area contributed by atoms with Crippen LogP contribution in [0.3, 0.4) is 0 Å². The fourth-order valence-electron chi connectivity index (χ4n) is 3.34. The number of nitrogens with zero attached hydrogens (tertiary/aromatic N) is 3. The minimum atomic E-state index is 0. The van der Waals surface area contributed by atoms with E-state index in [1.165, 1.54) is 0 Å². The van der Waals surface area contributed by atoms with Gasteiger partial charge in [0.2, 0.25) is 5.56 Å². The standard InChI is InChI=1S/C20H35N5O.HI/c1-5-21-20(23-18-15-25(16(2)3)14-17(18)4)22-11-7-9-13-24-12-8-6-10-19(24)26;/h6,8,10,12,16-18H,5,7,9,11,13-15H2,1-4H3,(H2,21,22,23);1H. The van der Waals surface area contributed by atoms with Crippen molar-refractivity contribution in [3.8, 4) is 0 Å². The Balaban J connectivity index is 0.00000364. The molecular weight excluding hydrogens is 453 g/mol. The maximum Gasteiger partial charge on any atom is 0.250 e.